The standard InChI is InChI=1S/C70H95NO44/c1-26-51(97-34(9)79)58(101-38(13)83)62(104-41(16)86)67(95-26)115-65-59(102-39(14)84)54(99-36(11)81)47(23-92-30(5)75)109-70(65)113-57-50(71-27(2)72)66(107-46(22-91-29(4)74)53(57)98-35(10)80)114-61-55(100-37(12)82)48(24-93-31(6)76)108-69(64(61)106-43(18)88)112-56-49(25-94-32(7)77)110-68(63(105-42(17)87)60(56)103-40(15)85)111-52-44(96-33(8)78)19-20-89-45(52)21-90-28(3)73/h19-20,26,44-70H,21-25H2,1-18H3,(H,71,72)/t26-,44+,45+,46+,47+,48+,49+,50+,51+,52-,53-,54-,55-,56-,57+,58+,59-,60-,61-,62-,63+,64+,65+,66+,67-,68-,69+,70-/m0/s1. The van der Waals surface area contributed by atoms with Crippen LogP contribution in [0.15, 0.2) is 12.3 Å². The van der Waals surface area contributed by atoms with Crippen molar-refractivity contribution in [3.63, 3.8) is 0 Å². The highest BCUT2D eigenvalue weighted by Gasteiger charge is 2.63. The lowest BCUT2D eigenvalue weighted by atomic mass is 9.93. The van der Waals surface area contributed by atoms with E-state index in [9.17, 15) is 81.5 Å². The molecular formula is C70H95NO44. The second-order valence-electron chi connectivity index (χ2n) is 26.4. The van der Waals surface area contributed by atoms with Gasteiger partial charge in [0.15, 0.2) is 111 Å². The highest BCUT2D eigenvalue weighted by atomic mass is 16.8. The zero-order chi connectivity index (χ0) is 85.7. The molecule has 0 saturated carbocycles. The van der Waals surface area contributed by atoms with Crippen LogP contribution in [0.25, 0.3) is 0 Å². The number of ether oxygens (including phenoxy) is 27. The number of rotatable bonds is 32. The predicted octanol–water partition coefficient (Wildman–Crippen LogP) is -1.96. The molecule has 115 heavy (non-hydrogen) atoms. The van der Waals surface area contributed by atoms with Crippen molar-refractivity contribution in [3.05, 3.63) is 12.3 Å². The minimum atomic E-state index is -2.40. The summed E-state index contributed by atoms with van der Waals surface area (Å²) >= 11 is 0. The summed E-state index contributed by atoms with van der Waals surface area (Å²) in [5.41, 5.74) is 0. The maximum absolute atomic E-state index is 14.1. The third kappa shape index (κ3) is 27.9. The maximum atomic E-state index is 14.1. The van der Waals surface area contributed by atoms with Crippen molar-refractivity contribution in [2.75, 3.05) is 33.0 Å². The van der Waals surface area contributed by atoms with E-state index in [0.717, 1.165) is 124 Å². The van der Waals surface area contributed by atoms with Crippen LogP contribution in [0, 0.1) is 0 Å². The number of carbonyl (C=O) groups is 17. The maximum Gasteiger partial charge on any atom is 0.303 e. The van der Waals surface area contributed by atoms with Gasteiger partial charge in [0, 0.05) is 118 Å². The van der Waals surface area contributed by atoms with Crippen LogP contribution in [0.4, 0.5) is 0 Å². The molecule has 1 N–H and O–H groups in total. The normalized spacial score (nSPS) is 33.4. The number of carbonyl (C=O) groups excluding carboxylic acids is 17. The zero-order valence-electron chi connectivity index (χ0n) is 65.8. The fourth-order valence-corrected chi connectivity index (χ4v) is 12.9. The predicted molar refractivity (Wildman–Crippen MR) is 359 cm³/mol. The van der Waals surface area contributed by atoms with Gasteiger partial charge in [-0.3, -0.25) is 81.5 Å². The minimum Gasteiger partial charge on any atom is -0.492 e. The molecule has 0 bridgehead atoms. The fraction of sp³-hybridized carbons (Fsp3) is 0.729. The summed E-state index contributed by atoms with van der Waals surface area (Å²) in [6.45, 7) is 12.7. The largest absolute Gasteiger partial charge is 0.492 e. The number of nitrogens with one attached hydrogen (secondary N) is 1. The molecule has 5 saturated heterocycles. The molecule has 0 radical (unpaired) electrons. The molecule has 6 rings (SSSR count). The van der Waals surface area contributed by atoms with Crippen LogP contribution in [0.3, 0.4) is 0 Å². The smallest absolute Gasteiger partial charge is 0.303 e. The molecule has 45 heteroatoms. The summed E-state index contributed by atoms with van der Waals surface area (Å²) in [5.74, 6) is -18.1. The van der Waals surface area contributed by atoms with Crippen molar-refractivity contribution in [3.8, 4) is 0 Å². The Bertz CT molecular complexity index is 3540. The minimum absolute atomic E-state index is 0.585. The van der Waals surface area contributed by atoms with Crippen LogP contribution in [0.2, 0.25) is 0 Å². The zero-order valence-corrected chi connectivity index (χ0v) is 65.8. The van der Waals surface area contributed by atoms with Gasteiger partial charge >= 0.3 is 95.5 Å². The molecule has 28 atom stereocenters. The van der Waals surface area contributed by atoms with E-state index >= 15 is 0 Å². The Morgan fingerprint density at radius 3 is 0.896 bits per heavy atom. The van der Waals surface area contributed by atoms with Gasteiger partial charge in [0.1, 0.15) is 87.9 Å². The SMILES string of the molecule is CC(=O)N[C@H]1[C@@H](O[C@H]2[C@@H](OC(C)=O)[C@@H](COC(C)=O)O[C@H](O[C@@H]3[C@H](OC(C)=O)[C@@H](OC(C)=O)[C@H](O[C@H]4[C@H](OC(C)=O)C=CO[C@@H]4COC(C)=O)O[C@@H]3COC(C)=O)[C@@H]2OC(C)=O)O[C@H](COC(C)=O)[C@H](OC(C)=O)[C@@H]1O[C@@H]1O[C@H](COC(C)=O)[C@H](OC(C)=O)[C@H](OC(C)=O)[C@H]1O[C@@H]1O[C@@H](C)[C@@H](OC(C)=O)[C@@H](OC(C)=O)[C@@H]1OC(C)=O. The van der Waals surface area contributed by atoms with Gasteiger partial charge in [-0.2, -0.15) is 0 Å². The Morgan fingerprint density at radius 1 is 0.252 bits per heavy atom. The van der Waals surface area contributed by atoms with Crippen molar-refractivity contribution in [1.29, 1.82) is 0 Å². The molecular weight excluding hydrogens is 1560 g/mol. The molecule has 0 aromatic carbocycles. The Hall–Kier alpha value is -9.87. The van der Waals surface area contributed by atoms with E-state index in [2.05, 4.69) is 5.32 Å². The van der Waals surface area contributed by atoms with Crippen LogP contribution in [0.1, 0.15) is 125 Å². The molecule has 6 aliphatic heterocycles. The van der Waals surface area contributed by atoms with Gasteiger partial charge in [0.25, 0.3) is 0 Å². The Kier molecular flexibility index (Phi) is 35.3. The molecule has 0 spiro atoms. The molecule has 45 nitrogen and oxygen atoms in total. The van der Waals surface area contributed by atoms with Crippen LogP contribution < -0.4 is 5.32 Å². The van der Waals surface area contributed by atoms with Crippen molar-refractivity contribution in [2.24, 2.45) is 0 Å². The molecule has 0 aliphatic carbocycles. The van der Waals surface area contributed by atoms with Gasteiger partial charge < -0.3 is 133 Å². The highest BCUT2D eigenvalue weighted by molar-refractivity contribution is 5.74. The van der Waals surface area contributed by atoms with E-state index in [1.165, 1.54) is 13.0 Å². The summed E-state index contributed by atoms with van der Waals surface area (Å²) in [6, 6.07) is -2.17. The average Bonchev–Trinajstić information content (AvgIpc) is 0.753. The van der Waals surface area contributed by atoms with Crippen molar-refractivity contribution >= 4 is 101 Å². The first kappa shape index (κ1) is 94.0. The number of amides is 1. The molecule has 6 aliphatic rings. The topological polar surface area (TPSA) is 551 Å². The first-order valence-electron chi connectivity index (χ1n) is 35.6. The first-order valence-corrected chi connectivity index (χ1v) is 35.6. The molecule has 0 aromatic heterocycles. The molecule has 6 heterocycles. The van der Waals surface area contributed by atoms with E-state index in [4.69, 9.17) is 128 Å². The summed E-state index contributed by atoms with van der Waals surface area (Å²) < 4.78 is 162. The monoisotopic (exact) mass is 1650 g/mol. The number of hydrogen-bond acceptors (Lipinski definition) is 44. The average molecular weight is 1650 g/mol. The molecule has 1 amide bonds. The number of hydrogen-bond donors (Lipinski definition) is 1. The fourth-order valence-electron chi connectivity index (χ4n) is 12.9. The second-order valence-corrected chi connectivity index (χ2v) is 26.4. The molecule has 5 fully saturated rings. The van der Waals surface area contributed by atoms with E-state index in [1.807, 2.05) is 0 Å². The Labute approximate surface area is 656 Å². The lowest BCUT2D eigenvalue weighted by Gasteiger charge is -2.52. The quantitative estimate of drug-likeness (QED) is 0.0564. The third-order valence-electron chi connectivity index (χ3n) is 16.8. The summed E-state index contributed by atoms with van der Waals surface area (Å²) in [7, 11) is 0. The van der Waals surface area contributed by atoms with Gasteiger partial charge in [-0.05, 0) is 13.0 Å². The number of esters is 16. The van der Waals surface area contributed by atoms with Crippen LogP contribution in [0.5, 0.6) is 0 Å². The van der Waals surface area contributed by atoms with Crippen LogP contribution in [-0.4, -0.2) is 306 Å². The Balaban J connectivity index is 1.64. The van der Waals surface area contributed by atoms with E-state index in [1.54, 1.807) is 0 Å². The van der Waals surface area contributed by atoms with E-state index in [-0.39, 0.29) is 0 Å². The Morgan fingerprint density at radius 2 is 0.513 bits per heavy atom. The van der Waals surface area contributed by atoms with Gasteiger partial charge in [-0.25, -0.2) is 0 Å². The van der Waals surface area contributed by atoms with Crippen LogP contribution in [-0.2, 0) is 209 Å². The summed E-state index contributed by atoms with van der Waals surface area (Å²) in [6.07, 6.45) is -51.7. The lowest BCUT2D eigenvalue weighted by Crippen LogP contribution is -2.72. The van der Waals surface area contributed by atoms with Crippen molar-refractivity contribution in [1.82, 2.24) is 5.32 Å². The molecule has 644 valence electrons. The first-order chi connectivity index (χ1) is 53.9. The van der Waals surface area contributed by atoms with Crippen molar-refractivity contribution < 1.29 is 209 Å². The van der Waals surface area contributed by atoms with Gasteiger partial charge in [0.05, 0.1) is 12.4 Å². The molecule has 0 unspecified atom stereocenters. The van der Waals surface area contributed by atoms with E-state index < -0.39 is 306 Å². The summed E-state index contributed by atoms with van der Waals surface area (Å²) in [4.78, 5) is 224. The van der Waals surface area contributed by atoms with Gasteiger partial charge in [-0.1, -0.05) is 0 Å². The summed E-state index contributed by atoms with van der Waals surface area (Å²) in [5, 5.41) is 2.56. The van der Waals surface area contributed by atoms with Crippen LogP contribution >= 0.6 is 0 Å². The third-order valence-corrected chi connectivity index (χ3v) is 16.8. The second kappa shape index (κ2) is 43.2. The highest BCUT2D eigenvalue weighted by Crippen LogP contribution is 2.42. The van der Waals surface area contributed by atoms with Gasteiger partial charge in [0.2, 0.25) is 5.91 Å². The van der Waals surface area contributed by atoms with E-state index in [0.29, 0.717) is 0 Å². The molecule has 0 aromatic rings. The van der Waals surface area contributed by atoms with Gasteiger partial charge in [-0.15, -0.1) is 0 Å². The lowest BCUT2D eigenvalue weighted by molar-refractivity contribution is -0.391. The van der Waals surface area contributed by atoms with Crippen molar-refractivity contribution in [2.45, 2.75) is 296 Å².